The fourth-order valence-corrected chi connectivity index (χ4v) is 0. The van der Waals surface area contributed by atoms with Crippen molar-refractivity contribution in [2.24, 2.45) is 0 Å². The molecule has 0 heterocycles. The van der Waals surface area contributed by atoms with Crippen molar-refractivity contribution in [1.82, 2.24) is 0 Å². The molecule has 0 bridgehead atoms. The molecule has 0 aromatic carbocycles. The van der Waals surface area contributed by atoms with Gasteiger partial charge in [0.1, 0.15) is 0 Å². The first-order valence-corrected chi connectivity index (χ1v) is 0. The molecule has 0 atom stereocenters. The zero-order valence-electron chi connectivity index (χ0n) is 2.94. The Morgan fingerprint density at radius 3 is 0.429 bits per heavy atom. The van der Waals surface area contributed by atoms with E-state index in [0.29, 0.717) is 0 Å². The van der Waals surface area contributed by atoms with Crippen LogP contribution in [0.3, 0.4) is 0 Å². The van der Waals surface area contributed by atoms with Crippen LogP contribution >= 0.6 is 0 Å². The van der Waals surface area contributed by atoms with E-state index in [0.717, 1.165) is 0 Å². The summed E-state index contributed by atoms with van der Waals surface area (Å²) in [6.45, 7) is 0. The molecule has 0 aromatic heterocycles. The van der Waals surface area contributed by atoms with Crippen LogP contribution in [0.25, 0.3) is 0 Å². The van der Waals surface area contributed by atoms with Crippen molar-refractivity contribution in [3.63, 3.8) is 0 Å². The van der Waals surface area contributed by atoms with E-state index >= 15 is 0 Å². The maximum atomic E-state index is 0. The summed E-state index contributed by atoms with van der Waals surface area (Å²) in [5, 5.41) is 0. The summed E-state index contributed by atoms with van der Waals surface area (Å²) in [6, 6.07) is 0. The Balaban J connectivity index is 0. The minimum Gasteiger partial charge on any atom is -2.00 e. The molecule has 0 aliphatic heterocycles. The van der Waals surface area contributed by atoms with Crippen molar-refractivity contribution < 1.29 is 88.3 Å². The van der Waals surface area contributed by atoms with E-state index in [-0.39, 0.29) is 88.3 Å². The molecule has 0 fully saturated rings. The molecule has 0 rings (SSSR count). The van der Waals surface area contributed by atoms with Crippen molar-refractivity contribution in [3.8, 4) is 0 Å². The summed E-state index contributed by atoms with van der Waals surface area (Å²) in [4.78, 5) is 0. The fraction of sp³-hybridized carbons (Fsp3) is 0. The molecule has 40 valence electrons. The normalized spacial score (nSPS) is 0. The molecule has 0 aromatic rings. The molecule has 0 aliphatic carbocycles. The molecule has 0 saturated carbocycles. The molecule has 0 amide bonds. The minimum absolute atomic E-state index is 0. The molecule has 4 radical (unpaired) electrons. The van der Waals surface area contributed by atoms with Crippen LogP contribution in [0.5, 0.6) is 0 Å². The first-order chi connectivity index (χ1) is 0. The third-order valence-corrected chi connectivity index (χ3v) is 0. The molecule has 0 spiro atoms. The van der Waals surface area contributed by atoms with Gasteiger partial charge in [0.05, 0.1) is 0 Å². The van der Waals surface area contributed by atoms with Crippen molar-refractivity contribution in [2.75, 3.05) is 0 Å². The van der Waals surface area contributed by atoms with E-state index in [4.69, 9.17) is 0 Å². The Hall–Kier alpha value is 2.11. The van der Waals surface area contributed by atoms with Crippen LogP contribution < -0.4 is 0 Å². The van der Waals surface area contributed by atoms with Gasteiger partial charge in [-0.2, -0.15) is 0 Å². The van der Waals surface area contributed by atoms with E-state index in [1.807, 2.05) is 0 Å². The third kappa shape index (κ3) is 67.9. The van der Waals surface area contributed by atoms with Crippen LogP contribution in [0.2, 0.25) is 0 Å². The second kappa shape index (κ2) is 91.9. The number of hydrogen-bond donors (Lipinski definition) is 0. The van der Waals surface area contributed by atoms with E-state index in [9.17, 15) is 0 Å². The zero-order valence-corrected chi connectivity index (χ0v) is 8.28. The SMILES string of the molecule is [Cr+3].[Cr+3].[O-2].[O-2].[O-2].[V].[V]. The quantitative estimate of drug-likeness (QED) is 0.565. The second-order valence-corrected chi connectivity index (χ2v) is 0. The summed E-state index contributed by atoms with van der Waals surface area (Å²) >= 11 is 0. The molecule has 7 heavy (non-hydrogen) atoms. The van der Waals surface area contributed by atoms with E-state index in [2.05, 4.69) is 0 Å². The Morgan fingerprint density at radius 2 is 0.429 bits per heavy atom. The minimum atomic E-state index is 0. The first kappa shape index (κ1) is 134. The van der Waals surface area contributed by atoms with Crippen LogP contribution in [-0.4, -0.2) is 0 Å². The van der Waals surface area contributed by atoms with Gasteiger partial charge < -0.3 is 16.4 Å². The van der Waals surface area contributed by atoms with Crippen LogP contribution in [-0.2, 0) is 88.3 Å². The number of hydrogen-bond acceptors (Lipinski definition) is 0. The van der Waals surface area contributed by atoms with Gasteiger partial charge in [0.25, 0.3) is 0 Å². The van der Waals surface area contributed by atoms with E-state index < -0.39 is 0 Å². The Labute approximate surface area is 87.6 Å². The van der Waals surface area contributed by atoms with Gasteiger partial charge in [0, 0.05) is 37.1 Å². The molecular weight excluding hydrogens is 254 g/mol. The first-order valence-electron chi connectivity index (χ1n) is 0. The monoisotopic (exact) mass is 254 g/mol. The summed E-state index contributed by atoms with van der Waals surface area (Å²) in [5.41, 5.74) is 0. The van der Waals surface area contributed by atoms with Crippen molar-refractivity contribution in [1.29, 1.82) is 0 Å². The summed E-state index contributed by atoms with van der Waals surface area (Å²) in [6.07, 6.45) is 0. The number of rotatable bonds is 0. The molecule has 7 heteroatoms. The maximum Gasteiger partial charge on any atom is 3.00 e. The Bertz CT molecular complexity index is 10.9. The molecule has 0 saturated heterocycles. The van der Waals surface area contributed by atoms with Crippen LogP contribution in [0.4, 0.5) is 0 Å². The van der Waals surface area contributed by atoms with Gasteiger partial charge in [-0.15, -0.1) is 0 Å². The average Bonchev–Trinajstić information content (AvgIpc) is 0. The third-order valence-electron chi connectivity index (χ3n) is 0. The van der Waals surface area contributed by atoms with Crippen molar-refractivity contribution >= 4 is 0 Å². The predicted octanol–water partition coefficient (Wildman–Crippen LogP) is -0.366. The summed E-state index contributed by atoms with van der Waals surface area (Å²) < 4.78 is 0. The largest absolute Gasteiger partial charge is 3.00 e. The van der Waals surface area contributed by atoms with Gasteiger partial charge in [-0.05, 0) is 0 Å². The molecule has 0 N–H and O–H groups in total. The second-order valence-electron chi connectivity index (χ2n) is 0. The molecule has 3 nitrogen and oxygen atoms in total. The smallest absolute Gasteiger partial charge is 2.00 e. The van der Waals surface area contributed by atoms with Gasteiger partial charge in [0.2, 0.25) is 0 Å². The van der Waals surface area contributed by atoms with Crippen LogP contribution in [0.1, 0.15) is 0 Å². The van der Waals surface area contributed by atoms with Crippen LogP contribution in [0, 0.1) is 0 Å². The van der Waals surface area contributed by atoms with Gasteiger partial charge in [-0.1, -0.05) is 0 Å². The molecule has 0 unspecified atom stereocenters. The van der Waals surface area contributed by atoms with Gasteiger partial charge in [0.15, 0.2) is 0 Å². The Morgan fingerprint density at radius 1 is 0.429 bits per heavy atom. The van der Waals surface area contributed by atoms with Crippen molar-refractivity contribution in [2.45, 2.75) is 0 Å². The fourth-order valence-electron chi connectivity index (χ4n) is 0. The molecular formula is Cr2O3V2. The van der Waals surface area contributed by atoms with Crippen molar-refractivity contribution in [3.05, 3.63) is 0 Å². The summed E-state index contributed by atoms with van der Waals surface area (Å²) in [5.74, 6) is 0. The summed E-state index contributed by atoms with van der Waals surface area (Å²) in [7, 11) is 0. The topological polar surface area (TPSA) is 85.5 Å². The zero-order chi connectivity index (χ0) is 0. The standard InChI is InChI=1S/2Cr.3O.2V/q2*+3;3*-2;;. The van der Waals surface area contributed by atoms with Gasteiger partial charge >= 0.3 is 34.7 Å². The van der Waals surface area contributed by atoms with E-state index in [1.165, 1.54) is 0 Å². The van der Waals surface area contributed by atoms with Gasteiger partial charge in [-0.3, -0.25) is 0 Å². The average molecular weight is 254 g/mol. The maximum absolute atomic E-state index is 0. The van der Waals surface area contributed by atoms with E-state index in [1.54, 1.807) is 0 Å². The Kier molecular flexibility index (Phi) is 1760. The van der Waals surface area contributed by atoms with Gasteiger partial charge in [-0.25, -0.2) is 0 Å². The predicted molar refractivity (Wildman–Crippen MR) is 2.06 cm³/mol. The molecule has 0 aliphatic rings. The van der Waals surface area contributed by atoms with Crippen LogP contribution in [0.15, 0.2) is 0 Å².